The van der Waals surface area contributed by atoms with Crippen LogP contribution < -0.4 is 4.74 Å². The van der Waals surface area contributed by atoms with Crippen molar-refractivity contribution in [2.24, 2.45) is 5.92 Å². The van der Waals surface area contributed by atoms with Crippen LogP contribution in [0.5, 0.6) is 5.88 Å². The molecule has 5 rings (SSSR count). The zero-order valence-electron chi connectivity index (χ0n) is 18.1. The molecule has 0 aromatic carbocycles. The molecule has 2 aliphatic rings. The van der Waals surface area contributed by atoms with E-state index >= 15 is 0 Å². The zero-order valence-corrected chi connectivity index (χ0v) is 18.1. The molecular formula is C22H25FN6O3. The third kappa shape index (κ3) is 3.75. The number of pyridine rings is 1. The summed E-state index contributed by atoms with van der Waals surface area (Å²) in [5, 5.41) is 9.35. The number of ether oxygens (including phenoxy) is 2. The SMILES string of the molecule is COc1ncc(-n2nc(-c3cnn(CC4CC(=O)N(C)C4)c3)c3c2CCOCC3)cc1F. The van der Waals surface area contributed by atoms with Crippen molar-refractivity contribution in [2.45, 2.75) is 25.8 Å². The van der Waals surface area contributed by atoms with Crippen LogP contribution in [0.3, 0.4) is 0 Å². The molecule has 9 nitrogen and oxygen atoms in total. The molecule has 0 saturated carbocycles. The predicted octanol–water partition coefficient (Wildman–Crippen LogP) is 1.87. The van der Waals surface area contributed by atoms with E-state index in [0.29, 0.717) is 44.7 Å². The molecule has 0 spiro atoms. The number of aromatic nitrogens is 5. The standard InChI is InChI=1S/C22H25FN6O3/c1-27-11-14(7-20(27)30)12-28-13-15(9-25-28)21-17-3-5-32-6-4-19(17)29(26-21)16-8-18(23)22(31-2)24-10-16/h8-10,13-14H,3-7,11-12H2,1-2H3. The summed E-state index contributed by atoms with van der Waals surface area (Å²) in [4.78, 5) is 17.7. The smallest absolute Gasteiger partial charge is 0.250 e. The van der Waals surface area contributed by atoms with Gasteiger partial charge in [-0.05, 0) is 6.42 Å². The van der Waals surface area contributed by atoms with Crippen molar-refractivity contribution in [3.8, 4) is 22.8 Å². The molecule has 5 heterocycles. The van der Waals surface area contributed by atoms with E-state index in [1.807, 2.05) is 17.9 Å². The summed E-state index contributed by atoms with van der Waals surface area (Å²) in [6, 6.07) is 1.38. The highest BCUT2D eigenvalue weighted by Crippen LogP contribution is 2.31. The van der Waals surface area contributed by atoms with Crippen molar-refractivity contribution in [1.82, 2.24) is 29.4 Å². The van der Waals surface area contributed by atoms with Gasteiger partial charge in [-0.2, -0.15) is 10.2 Å². The molecule has 1 atom stereocenters. The summed E-state index contributed by atoms with van der Waals surface area (Å²) < 4.78 is 28.6. The number of hydrogen-bond acceptors (Lipinski definition) is 6. The molecule has 3 aromatic rings. The van der Waals surface area contributed by atoms with Crippen molar-refractivity contribution in [1.29, 1.82) is 0 Å². The van der Waals surface area contributed by atoms with E-state index in [1.54, 1.807) is 22.0 Å². The minimum Gasteiger partial charge on any atom is -0.479 e. The van der Waals surface area contributed by atoms with E-state index in [9.17, 15) is 9.18 Å². The van der Waals surface area contributed by atoms with E-state index in [1.165, 1.54) is 13.2 Å². The fourth-order valence-electron chi connectivity index (χ4n) is 4.51. The van der Waals surface area contributed by atoms with Gasteiger partial charge in [0.25, 0.3) is 0 Å². The second-order valence-electron chi connectivity index (χ2n) is 8.28. The molecule has 1 saturated heterocycles. The normalized spacial score (nSPS) is 18.7. The molecule has 0 radical (unpaired) electrons. The number of nitrogens with zero attached hydrogens (tertiary/aromatic N) is 6. The van der Waals surface area contributed by atoms with Gasteiger partial charge in [-0.25, -0.2) is 14.1 Å². The summed E-state index contributed by atoms with van der Waals surface area (Å²) >= 11 is 0. The fraction of sp³-hybridized carbons (Fsp3) is 0.455. The first-order valence-corrected chi connectivity index (χ1v) is 10.7. The Morgan fingerprint density at radius 2 is 2.12 bits per heavy atom. The Morgan fingerprint density at radius 3 is 2.88 bits per heavy atom. The molecular weight excluding hydrogens is 415 g/mol. The Kier molecular flexibility index (Phi) is 5.38. The summed E-state index contributed by atoms with van der Waals surface area (Å²) in [5.74, 6) is -0.166. The summed E-state index contributed by atoms with van der Waals surface area (Å²) in [6.07, 6.45) is 7.25. The lowest BCUT2D eigenvalue weighted by atomic mass is 10.0. The van der Waals surface area contributed by atoms with Crippen molar-refractivity contribution in [3.63, 3.8) is 0 Å². The maximum atomic E-state index is 14.3. The van der Waals surface area contributed by atoms with Crippen molar-refractivity contribution in [3.05, 3.63) is 41.7 Å². The molecule has 3 aromatic heterocycles. The van der Waals surface area contributed by atoms with E-state index in [0.717, 1.165) is 29.1 Å². The first-order valence-electron chi connectivity index (χ1n) is 10.7. The lowest BCUT2D eigenvalue weighted by Crippen LogP contribution is -2.20. The monoisotopic (exact) mass is 440 g/mol. The molecule has 0 N–H and O–H groups in total. The molecule has 2 aliphatic heterocycles. The highest BCUT2D eigenvalue weighted by molar-refractivity contribution is 5.78. The van der Waals surface area contributed by atoms with Crippen molar-refractivity contribution < 1.29 is 18.7 Å². The summed E-state index contributed by atoms with van der Waals surface area (Å²) in [6.45, 7) is 2.60. The largest absolute Gasteiger partial charge is 0.479 e. The van der Waals surface area contributed by atoms with Gasteiger partial charge < -0.3 is 14.4 Å². The maximum absolute atomic E-state index is 14.3. The van der Waals surface area contributed by atoms with E-state index < -0.39 is 5.82 Å². The first kappa shape index (κ1) is 20.6. The highest BCUT2D eigenvalue weighted by atomic mass is 19.1. The highest BCUT2D eigenvalue weighted by Gasteiger charge is 2.28. The molecule has 1 amide bonds. The Balaban J connectivity index is 1.49. The quantitative estimate of drug-likeness (QED) is 0.602. The Labute approximate surface area is 184 Å². The Hall–Kier alpha value is -3.27. The zero-order chi connectivity index (χ0) is 22.2. The van der Waals surface area contributed by atoms with Crippen molar-refractivity contribution in [2.75, 3.05) is 33.9 Å². The van der Waals surface area contributed by atoms with Crippen LogP contribution in [0.15, 0.2) is 24.7 Å². The molecule has 0 aliphatic carbocycles. The van der Waals surface area contributed by atoms with Crippen LogP contribution in [0.25, 0.3) is 16.9 Å². The maximum Gasteiger partial charge on any atom is 0.250 e. The lowest BCUT2D eigenvalue weighted by Gasteiger charge is -2.09. The van der Waals surface area contributed by atoms with Gasteiger partial charge in [0.05, 0.1) is 49.8 Å². The summed E-state index contributed by atoms with van der Waals surface area (Å²) in [7, 11) is 3.22. The Bertz CT molecular complexity index is 1160. The average Bonchev–Trinajstić information content (AvgIpc) is 3.40. The van der Waals surface area contributed by atoms with Crippen LogP contribution in [0, 0.1) is 11.7 Å². The van der Waals surface area contributed by atoms with Crippen LogP contribution in [-0.2, 0) is 28.9 Å². The number of likely N-dealkylation sites (tertiary alicyclic amines) is 1. The van der Waals surface area contributed by atoms with Gasteiger partial charge in [0.15, 0.2) is 5.82 Å². The van der Waals surface area contributed by atoms with Gasteiger partial charge in [0.1, 0.15) is 0 Å². The van der Waals surface area contributed by atoms with Gasteiger partial charge in [-0.1, -0.05) is 0 Å². The van der Waals surface area contributed by atoms with Crippen LogP contribution in [0.1, 0.15) is 17.7 Å². The number of hydrogen-bond donors (Lipinski definition) is 0. The number of fused-ring (bicyclic) bond motifs is 1. The number of amides is 1. The second-order valence-corrected chi connectivity index (χ2v) is 8.28. The van der Waals surface area contributed by atoms with Gasteiger partial charge in [-0.3, -0.25) is 9.48 Å². The van der Waals surface area contributed by atoms with Crippen LogP contribution in [-0.4, -0.2) is 69.3 Å². The van der Waals surface area contributed by atoms with Gasteiger partial charge >= 0.3 is 0 Å². The summed E-state index contributed by atoms with van der Waals surface area (Å²) in [5.41, 5.74) is 4.30. The topological polar surface area (TPSA) is 87.3 Å². The minimum absolute atomic E-state index is 0.0483. The van der Waals surface area contributed by atoms with Crippen LogP contribution in [0.4, 0.5) is 4.39 Å². The van der Waals surface area contributed by atoms with E-state index in [-0.39, 0.29) is 17.7 Å². The van der Waals surface area contributed by atoms with Gasteiger partial charge in [-0.15, -0.1) is 0 Å². The van der Waals surface area contributed by atoms with Crippen molar-refractivity contribution >= 4 is 5.91 Å². The number of carbonyl (C=O) groups excluding carboxylic acids is 1. The first-order chi connectivity index (χ1) is 15.5. The molecule has 0 bridgehead atoms. The number of carbonyl (C=O) groups is 1. The molecule has 10 heteroatoms. The predicted molar refractivity (Wildman–Crippen MR) is 113 cm³/mol. The lowest BCUT2D eigenvalue weighted by molar-refractivity contribution is -0.126. The molecule has 1 fully saturated rings. The third-order valence-corrected chi connectivity index (χ3v) is 6.07. The fourth-order valence-corrected chi connectivity index (χ4v) is 4.51. The van der Waals surface area contributed by atoms with E-state index in [2.05, 4.69) is 10.1 Å². The molecule has 32 heavy (non-hydrogen) atoms. The Morgan fingerprint density at radius 1 is 1.28 bits per heavy atom. The number of halogens is 1. The van der Waals surface area contributed by atoms with Crippen LogP contribution in [0.2, 0.25) is 0 Å². The van der Waals surface area contributed by atoms with Gasteiger partial charge in [0, 0.05) is 62.3 Å². The molecule has 168 valence electrons. The number of methoxy groups -OCH3 is 1. The number of rotatable bonds is 5. The minimum atomic E-state index is -0.537. The average molecular weight is 440 g/mol. The second kappa shape index (κ2) is 8.34. The van der Waals surface area contributed by atoms with Gasteiger partial charge in [0.2, 0.25) is 11.8 Å². The molecule has 1 unspecified atom stereocenters. The van der Waals surface area contributed by atoms with Crippen LogP contribution >= 0.6 is 0 Å². The third-order valence-electron chi connectivity index (χ3n) is 6.07. The van der Waals surface area contributed by atoms with E-state index in [4.69, 9.17) is 14.6 Å².